The van der Waals surface area contributed by atoms with Gasteiger partial charge < -0.3 is 25.0 Å². The molecule has 3 fully saturated rings. The summed E-state index contributed by atoms with van der Waals surface area (Å²) in [6, 6.07) is 7.82. The summed E-state index contributed by atoms with van der Waals surface area (Å²) in [4.78, 5) is 29.1. The Hall–Kier alpha value is -3.07. The fraction of sp³-hybridized carbons (Fsp3) is 0.656. The van der Waals surface area contributed by atoms with Crippen LogP contribution >= 0.6 is 0 Å². The topological polar surface area (TPSA) is 97.7 Å². The van der Waals surface area contributed by atoms with Crippen molar-refractivity contribution in [3.8, 4) is 22.8 Å². The Morgan fingerprint density at radius 1 is 0.976 bits per heavy atom. The molecule has 224 valence electrons. The second-order valence-electron chi connectivity index (χ2n) is 11.9. The van der Waals surface area contributed by atoms with E-state index in [1.165, 1.54) is 25.7 Å². The van der Waals surface area contributed by atoms with Crippen LogP contribution < -0.4 is 20.1 Å². The second-order valence-corrected chi connectivity index (χ2v) is 11.9. The number of carbonyl (C=O) groups excluding carboxylic acids is 2. The molecular weight excluding hydrogens is 518 g/mol. The number of methoxy groups -OCH3 is 2. The standard InChI is InChI=1S/C32H47N5O4/c1-40-28-16-9-17-29(41-2)31(28)27-22-26(35-37(27)25-14-4-5-15-25)32(39)34-24(21-30(38)33-23-11-8-12-23)13-10-20-36-18-6-3-7-19-36/h9,16-17,22-25H,3-8,10-15,18-21H2,1-2H3,(H,33,38)(H,34,39)/t24-/m0/s1. The lowest BCUT2D eigenvalue weighted by molar-refractivity contribution is -0.122. The molecule has 0 spiro atoms. The Morgan fingerprint density at radius 2 is 1.68 bits per heavy atom. The van der Waals surface area contributed by atoms with Crippen molar-refractivity contribution in [3.05, 3.63) is 30.0 Å². The Balaban J connectivity index is 1.35. The summed E-state index contributed by atoms with van der Waals surface area (Å²) in [5.74, 6) is 1.14. The normalized spacial score (nSPS) is 19.0. The molecule has 2 heterocycles. The molecule has 5 rings (SSSR count). The van der Waals surface area contributed by atoms with Gasteiger partial charge in [0.1, 0.15) is 11.5 Å². The van der Waals surface area contributed by atoms with E-state index in [4.69, 9.17) is 14.6 Å². The molecule has 9 nitrogen and oxygen atoms in total. The molecule has 2 N–H and O–H groups in total. The molecule has 3 aliphatic rings. The Labute approximate surface area is 244 Å². The fourth-order valence-electron chi connectivity index (χ4n) is 6.51. The van der Waals surface area contributed by atoms with E-state index >= 15 is 0 Å². The third-order valence-corrected chi connectivity index (χ3v) is 9.04. The Morgan fingerprint density at radius 3 is 2.32 bits per heavy atom. The van der Waals surface area contributed by atoms with Crippen LogP contribution in [0.15, 0.2) is 24.3 Å². The highest BCUT2D eigenvalue weighted by Crippen LogP contribution is 2.41. The van der Waals surface area contributed by atoms with Crippen molar-refractivity contribution in [2.75, 3.05) is 33.9 Å². The van der Waals surface area contributed by atoms with Gasteiger partial charge in [-0.25, -0.2) is 0 Å². The zero-order valence-electron chi connectivity index (χ0n) is 24.8. The first-order valence-electron chi connectivity index (χ1n) is 15.7. The number of carbonyl (C=O) groups is 2. The van der Waals surface area contributed by atoms with Gasteiger partial charge >= 0.3 is 0 Å². The average molecular weight is 566 g/mol. The van der Waals surface area contributed by atoms with Crippen LogP contribution in [0.1, 0.15) is 100 Å². The highest BCUT2D eigenvalue weighted by molar-refractivity contribution is 5.94. The lowest BCUT2D eigenvalue weighted by Crippen LogP contribution is -2.44. The number of amides is 2. The number of rotatable bonds is 13. The van der Waals surface area contributed by atoms with E-state index in [2.05, 4.69) is 15.5 Å². The summed E-state index contributed by atoms with van der Waals surface area (Å²) < 4.78 is 13.4. The van der Waals surface area contributed by atoms with E-state index in [-0.39, 0.29) is 29.9 Å². The number of piperidine rings is 1. The van der Waals surface area contributed by atoms with Crippen molar-refractivity contribution in [2.45, 2.75) is 102 Å². The predicted molar refractivity (Wildman–Crippen MR) is 159 cm³/mol. The molecule has 9 heteroatoms. The summed E-state index contributed by atoms with van der Waals surface area (Å²) in [7, 11) is 3.29. The maximum absolute atomic E-state index is 13.7. The van der Waals surface area contributed by atoms with Gasteiger partial charge in [0, 0.05) is 18.5 Å². The highest BCUT2D eigenvalue weighted by Gasteiger charge is 2.29. The van der Waals surface area contributed by atoms with Gasteiger partial charge in [-0.15, -0.1) is 0 Å². The quantitative estimate of drug-likeness (QED) is 0.351. The van der Waals surface area contributed by atoms with Gasteiger partial charge in [-0.05, 0) is 95.6 Å². The van der Waals surface area contributed by atoms with Gasteiger partial charge in [0.15, 0.2) is 5.69 Å². The molecule has 0 bridgehead atoms. The number of aromatic nitrogens is 2. The molecule has 2 aliphatic carbocycles. The summed E-state index contributed by atoms with van der Waals surface area (Å²) in [6.07, 6.45) is 13.4. The number of ether oxygens (including phenoxy) is 2. The largest absolute Gasteiger partial charge is 0.496 e. The number of hydrogen-bond donors (Lipinski definition) is 2. The zero-order valence-corrected chi connectivity index (χ0v) is 24.8. The second kappa shape index (κ2) is 14.2. The van der Waals surface area contributed by atoms with E-state index in [9.17, 15) is 9.59 Å². The van der Waals surface area contributed by atoms with Gasteiger partial charge in [-0.2, -0.15) is 5.10 Å². The smallest absolute Gasteiger partial charge is 0.272 e. The third-order valence-electron chi connectivity index (χ3n) is 9.04. The maximum atomic E-state index is 13.7. The van der Waals surface area contributed by atoms with E-state index in [0.717, 1.165) is 82.3 Å². The van der Waals surface area contributed by atoms with Gasteiger partial charge in [-0.1, -0.05) is 25.3 Å². The van der Waals surface area contributed by atoms with Crippen molar-refractivity contribution >= 4 is 11.8 Å². The zero-order chi connectivity index (χ0) is 28.6. The van der Waals surface area contributed by atoms with E-state index < -0.39 is 0 Å². The molecule has 1 saturated heterocycles. The van der Waals surface area contributed by atoms with Crippen LogP contribution in [0.2, 0.25) is 0 Å². The summed E-state index contributed by atoms with van der Waals surface area (Å²) in [6.45, 7) is 3.30. The predicted octanol–water partition coefficient (Wildman–Crippen LogP) is 5.11. The SMILES string of the molecule is COc1cccc(OC)c1-c1cc(C(=O)N[C@@H](CCCN2CCCCC2)CC(=O)NC2CCC2)nn1C1CCCC1. The fourth-order valence-corrected chi connectivity index (χ4v) is 6.51. The van der Waals surface area contributed by atoms with Crippen molar-refractivity contribution < 1.29 is 19.1 Å². The molecule has 41 heavy (non-hydrogen) atoms. The van der Waals surface area contributed by atoms with Gasteiger partial charge in [0.25, 0.3) is 5.91 Å². The minimum absolute atomic E-state index is 0.0221. The van der Waals surface area contributed by atoms with Crippen molar-refractivity contribution in [3.63, 3.8) is 0 Å². The van der Waals surface area contributed by atoms with Crippen molar-refractivity contribution in [1.29, 1.82) is 0 Å². The summed E-state index contributed by atoms with van der Waals surface area (Å²) in [5, 5.41) is 11.2. The van der Waals surface area contributed by atoms with Gasteiger partial charge in [-0.3, -0.25) is 14.3 Å². The van der Waals surface area contributed by atoms with Gasteiger partial charge in [0.05, 0.1) is 31.5 Å². The third kappa shape index (κ3) is 7.42. The summed E-state index contributed by atoms with van der Waals surface area (Å²) in [5.41, 5.74) is 1.98. The lowest BCUT2D eigenvalue weighted by atomic mass is 9.93. The first kappa shape index (κ1) is 29.4. The first-order chi connectivity index (χ1) is 20.1. The molecule has 0 radical (unpaired) electrons. The molecule has 1 aromatic carbocycles. The number of benzene rings is 1. The molecular formula is C32H47N5O4. The van der Waals surface area contributed by atoms with Crippen LogP contribution in [-0.4, -0.2) is 72.4 Å². The average Bonchev–Trinajstić information content (AvgIpc) is 3.65. The molecule has 1 aliphatic heterocycles. The molecule has 1 atom stereocenters. The van der Waals surface area contributed by atoms with E-state index in [1.54, 1.807) is 14.2 Å². The first-order valence-corrected chi connectivity index (χ1v) is 15.7. The number of nitrogens with zero attached hydrogens (tertiary/aromatic N) is 3. The minimum atomic E-state index is -0.242. The van der Waals surface area contributed by atoms with Crippen LogP contribution in [0.4, 0.5) is 0 Å². The Bertz CT molecular complexity index is 1140. The number of hydrogen-bond acceptors (Lipinski definition) is 6. The molecule has 2 aromatic rings. The van der Waals surface area contributed by atoms with Crippen LogP contribution in [-0.2, 0) is 4.79 Å². The minimum Gasteiger partial charge on any atom is -0.496 e. The highest BCUT2D eigenvalue weighted by atomic mass is 16.5. The van der Waals surface area contributed by atoms with Crippen molar-refractivity contribution in [2.24, 2.45) is 0 Å². The summed E-state index contributed by atoms with van der Waals surface area (Å²) >= 11 is 0. The molecule has 0 unspecified atom stereocenters. The van der Waals surface area contributed by atoms with E-state index in [1.807, 2.05) is 28.9 Å². The molecule has 1 aromatic heterocycles. The number of nitrogens with one attached hydrogen (secondary N) is 2. The monoisotopic (exact) mass is 565 g/mol. The van der Waals surface area contributed by atoms with Gasteiger partial charge in [0.2, 0.25) is 5.91 Å². The van der Waals surface area contributed by atoms with Crippen LogP contribution in [0, 0.1) is 0 Å². The Kier molecular flexibility index (Phi) is 10.2. The maximum Gasteiger partial charge on any atom is 0.272 e. The molecule has 2 saturated carbocycles. The number of likely N-dealkylation sites (tertiary alicyclic amines) is 1. The van der Waals surface area contributed by atoms with Crippen LogP contribution in [0.3, 0.4) is 0 Å². The lowest BCUT2D eigenvalue weighted by Gasteiger charge is -2.28. The van der Waals surface area contributed by atoms with Crippen molar-refractivity contribution in [1.82, 2.24) is 25.3 Å². The van der Waals surface area contributed by atoms with E-state index in [0.29, 0.717) is 23.6 Å². The molecule has 2 amide bonds. The van der Waals surface area contributed by atoms with Crippen LogP contribution in [0.5, 0.6) is 11.5 Å². The van der Waals surface area contributed by atoms with Crippen LogP contribution in [0.25, 0.3) is 11.3 Å².